The summed E-state index contributed by atoms with van der Waals surface area (Å²) in [4.78, 5) is 3.10. The maximum Gasteiger partial charge on any atom is 0.0540 e. The van der Waals surface area contributed by atoms with Crippen molar-refractivity contribution in [2.24, 2.45) is 5.92 Å². The maximum absolute atomic E-state index is 9.49. The zero-order chi connectivity index (χ0) is 10.7. The molecule has 1 aliphatic rings. The first-order valence-electron chi connectivity index (χ1n) is 5.79. The normalized spacial score (nSPS) is 28.9. The molecule has 0 radical (unpaired) electrons. The third kappa shape index (κ3) is 2.41. The summed E-state index contributed by atoms with van der Waals surface area (Å²) in [5.41, 5.74) is 1.33. The minimum absolute atomic E-state index is 0.0648. The average molecular weight is 208 g/mol. The van der Waals surface area contributed by atoms with Crippen LogP contribution in [-0.4, -0.2) is 23.2 Å². The zero-order valence-corrected chi connectivity index (χ0v) is 9.24. The Bertz CT molecular complexity index is 276. The van der Waals surface area contributed by atoms with Crippen LogP contribution in [0.1, 0.15) is 37.3 Å². The van der Waals surface area contributed by atoms with Gasteiger partial charge in [-0.2, -0.15) is 0 Å². The number of hydrogen-bond donors (Lipinski definition) is 3. The second-order valence-electron chi connectivity index (χ2n) is 4.48. The third-order valence-corrected chi connectivity index (χ3v) is 3.50. The fraction of sp³-hybridized carbons (Fsp3) is 0.667. The third-order valence-electron chi connectivity index (χ3n) is 3.50. The van der Waals surface area contributed by atoms with Crippen LogP contribution in [0.15, 0.2) is 18.5 Å². The van der Waals surface area contributed by atoms with Crippen molar-refractivity contribution >= 4 is 0 Å². The van der Waals surface area contributed by atoms with Crippen molar-refractivity contribution in [3.63, 3.8) is 0 Å². The minimum Gasteiger partial charge on any atom is -0.393 e. The van der Waals surface area contributed by atoms with Crippen LogP contribution in [0.2, 0.25) is 0 Å². The molecule has 0 spiro atoms. The molecule has 3 heteroatoms. The van der Waals surface area contributed by atoms with Gasteiger partial charge in [0.1, 0.15) is 0 Å². The number of aromatic nitrogens is 1. The monoisotopic (exact) mass is 208 g/mol. The van der Waals surface area contributed by atoms with Crippen molar-refractivity contribution in [2.45, 2.75) is 37.8 Å². The van der Waals surface area contributed by atoms with E-state index in [-0.39, 0.29) is 6.10 Å². The number of rotatable bonds is 3. The van der Waals surface area contributed by atoms with Crippen LogP contribution in [0.25, 0.3) is 0 Å². The van der Waals surface area contributed by atoms with Crippen LogP contribution in [0.3, 0.4) is 0 Å². The second-order valence-corrected chi connectivity index (χ2v) is 4.48. The highest BCUT2D eigenvalue weighted by atomic mass is 16.3. The van der Waals surface area contributed by atoms with Gasteiger partial charge in [0.15, 0.2) is 0 Å². The van der Waals surface area contributed by atoms with Gasteiger partial charge in [-0.25, -0.2) is 0 Å². The van der Waals surface area contributed by atoms with E-state index in [1.807, 2.05) is 13.2 Å². The molecule has 0 bridgehead atoms. The first-order valence-corrected chi connectivity index (χ1v) is 5.79. The molecule has 1 heterocycles. The van der Waals surface area contributed by atoms with Gasteiger partial charge in [0, 0.05) is 18.4 Å². The predicted octanol–water partition coefficient (Wildman–Crippen LogP) is 1.83. The smallest absolute Gasteiger partial charge is 0.0540 e. The second kappa shape index (κ2) is 4.81. The van der Waals surface area contributed by atoms with Gasteiger partial charge in [-0.1, -0.05) is 0 Å². The summed E-state index contributed by atoms with van der Waals surface area (Å²) in [5, 5.41) is 12.9. The van der Waals surface area contributed by atoms with E-state index < -0.39 is 0 Å². The highest BCUT2D eigenvalue weighted by Gasteiger charge is 2.26. The van der Waals surface area contributed by atoms with Crippen molar-refractivity contribution in [3.05, 3.63) is 24.0 Å². The first-order chi connectivity index (χ1) is 7.31. The van der Waals surface area contributed by atoms with Gasteiger partial charge in [0.2, 0.25) is 0 Å². The molecule has 2 rings (SSSR count). The fourth-order valence-corrected chi connectivity index (χ4v) is 2.64. The largest absolute Gasteiger partial charge is 0.393 e. The van der Waals surface area contributed by atoms with Gasteiger partial charge >= 0.3 is 0 Å². The van der Waals surface area contributed by atoms with Crippen molar-refractivity contribution in [2.75, 3.05) is 7.05 Å². The van der Waals surface area contributed by atoms with Crippen LogP contribution in [0, 0.1) is 5.92 Å². The van der Waals surface area contributed by atoms with Crippen molar-refractivity contribution in [1.82, 2.24) is 10.3 Å². The Morgan fingerprint density at radius 3 is 2.67 bits per heavy atom. The van der Waals surface area contributed by atoms with Gasteiger partial charge in [-0.05, 0) is 50.3 Å². The number of aliphatic hydroxyl groups excluding tert-OH is 1. The summed E-state index contributed by atoms with van der Waals surface area (Å²) in [6, 6.07) is 2.57. The molecule has 0 aliphatic heterocycles. The molecule has 1 saturated carbocycles. The Labute approximate surface area is 90.9 Å². The molecular weight excluding hydrogens is 188 g/mol. The lowest BCUT2D eigenvalue weighted by Gasteiger charge is -2.31. The van der Waals surface area contributed by atoms with Crippen LogP contribution in [0.5, 0.6) is 0 Å². The quantitative estimate of drug-likeness (QED) is 0.709. The van der Waals surface area contributed by atoms with Crippen LogP contribution in [-0.2, 0) is 0 Å². The molecule has 3 N–H and O–H groups in total. The topological polar surface area (TPSA) is 48.0 Å². The zero-order valence-electron chi connectivity index (χ0n) is 9.24. The van der Waals surface area contributed by atoms with E-state index in [2.05, 4.69) is 22.6 Å². The molecule has 1 aliphatic carbocycles. The van der Waals surface area contributed by atoms with Crippen molar-refractivity contribution in [3.8, 4) is 0 Å². The SMILES string of the molecule is CNC(c1cc[nH]c1)C1CCC(O)CC1. The summed E-state index contributed by atoms with van der Waals surface area (Å²) >= 11 is 0. The summed E-state index contributed by atoms with van der Waals surface area (Å²) in [7, 11) is 2.02. The van der Waals surface area contributed by atoms with Gasteiger partial charge in [0.25, 0.3) is 0 Å². The molecule has 3 nitrogen and oxygen atoms in total. The molecule has 1 fully saturated rings. The predicted molar refractivity (Wildman–Crippen MR) is 60.6 cm³/mol. The van der Waals surface area contributed by atoms with E-state index >= 15 is 0 Å². The lowest BCUT2D eigenvalue weighted by molar-refractivity contribution is 0.0981. The Morgan fingerprint density at radius 2 is 2.13 bits per heavy atom. The van der Waals surface area contributed by atoms with Crippen molar-refractivity contribution in [1.29, 1.82) is 0 Å². The Balaban J connectivity index is 2.01. The Morgan fingerprint density at radius 1 is 1.40 bits per heavy atom. The number of hydrogen-bond acceptors (Lipinski definition) is 2. The summed E-state index contributed by atoms with van der Waals surface area (Å²) in [6.07, 6.45) is 8.12. The summed E-state index contributed by atoms with van der Waals surface area (Å²) in [6.45, 7) is 0. The van der Waals surface area contributed by atoms with Crippen LogP contribution in [0.4, 0.5) is 0 Å². The molecule has 1 atom stereocenters. The molecular formula is C12H20N2O. The average Bonchev–Trinajstić information content (AvgIpc) is 2.75. The minimum atomic E-state index is -0.0648. The van der Waals surface area contributed by atoms with Gasteiger partial charge < -0.3 is 15.4 Å². The summed E-state index contributed by atoms with van der Waals surface area (Å²) in [5.74, 6) is 0.661. The highest BCUT2D eigenvalue weighted by molar-refractivity contribution is 5.15. The number of aromatic amines is 1. The van der Waals surface area contributed by atoms with E-state index in [0.29, 0.717) is 12.0 Å². The number of nitrogens with one attached hydrogen (secondary N) is 2. The lowest BCUT2D eigenvalue weighted by Crippen LogP contribution is -2.29. The molecule has 0 saturated heterocycles. The standard InChI is InChI=1S/C12H20N2O/c1-13-12(10-6-7-14-8-10)9-2-4-11(15)5-3-9/h6-9,11-15H,2-5H2,1H3. The van der Waals surface area contributed by atoms with Gasteiger partial charge in [0.05, 0.1) is 6.10 Å². The van der Waals surface area contributed by atoms with Gasteiger partial charge in [-0.15, -0.1) is 0 Å². The molecule has 1 unspecified atom stereocenters. The maximum atomic E-state index is 9.49. The summed E-state index contributed by atoms with van der Waals surface area (Å²) < 4.78 is 0. The number of aliphatic hydroxyl groups is 1. The molecule has 0 aromatic carbocycles. The lowest BCUT2D eigenvalue weighted by atomic mass is 9.80. The Kier molecular flexibility index (Phi) is 3.44. The highest BCUT2D eigenvalue weighted by Crippen LogP contribution is 2.34. The van der Waals surface area contributed by atoms with E-state index in [4.69, 9.17) is 0 Å². The first kappa shape index (κ1) is 10.7. The fourth-order valence-electron chi connectivity index (χ4n) is 2.64. The Hall–Kier alpha value is -0.800. The van der Waals surface area contributed by atoms with E-state index in [1.165, 1.54) is 5.56 Å². The molecule has 0 amide bonds. The molecule has 1 aromatic heterocycles. The van der Waals surface area contributed by atoms with Crippen molar-refractivity contribution < 1.29 is 5.11 Å². The van der Waals surface area contributed by atoms with Crippen LogP contribution < -0.4 is 5.32 Å². The van der Waals surface area contributed by atoms with E-state index in [1.54, 1.807) is 0 Å². The molecule has 15 heavy (non-hydrogen) atoms. The number of H-pyrrole nitrogens is 1. The van der Waals surface area contributed by atoms with E-state index in [9.17, 15) is 5.11 Å². The molecule has 1 aromatic rings. The van der Waals surface area contributed by atoms with Crippen LogP contribution >= 0.6 is 0 Å². The van der Waals surface area contributed by atoms with Gasteiger partial charge in [-0.3, -0.25) is 0 Å². The molecule has 84 valence electrons. The van der Waals surface area contributed by atoms with E-state index in [0.717, 1.165) is 25.7 Å².